The molecule has 1 aliphatic rings. The van der Waals surface area contributed by atoms with E-state index in [0.29, 0.717) is 23.7 Å². The number of ketones is 2. The second-order valence-electron chi connectivity index (χ2n) is 6.43. The molecule has 0 saturated carbocycles. The van der Waals surface area contributed by atoms with Crippen LogP contribution in [0.4, 0.5) is 0 Å². The van der Waals surface area contributed by atoms with E-state index in [-0.39, 0.29) is 5.76 Å². The maximum atomic E-state index is 12.3. The maximum Gasteiger partial charge on any atom is 0.329 e. The van der Waals surface area contributed by atoms with E-state index in [0.717, 1.165) is 11.6 Å². The van der Waals surface area contributed by atoms with E-state index >= 15 is 0 Å². The first-order valence-corrected chi connectivity index (χ1v) is 8.98. The summed E-state index contributed by atoms with van der Waals surface area (Å²) in [4.78, 5) is 36.0. The van der Waals surface area contributed by atoms with Crippen LogP contribution in [0.15, 0.2) is 66.4 Å². The van der Waals surface area contributed by atoms with Crippen LogP contribution < -0.4 is 9.47 Å². The normalized spacial score (nSPS) is 16.3. The molecular weight excluding hydrogens is 372 g/mol. The van der Waals surface area contributed by atoms with Gasteiger partial charge in [-0.25, -0.2) is 0 Å². The Labute approximate surface area is 168 Å². The van der Waals surface area contributed by atoms with Gasteiger partial charge in [0.15, 0.2) is 29.0 Å². The molecule has 6 heteroatoms. The Hall–Kier alpha value is -3.67. The smallest absolute Gasteiger partial charge is 0.329 e. The van der Waals surface area contributed by atoms with Crippen molar-refractivity contribution in [3.05, 3.63) is 77.6 Å². The maximum absolute atomic E-state index is 12.3. The summed E-state index contributed by atoms with van der Waals surface area (Å²) in [6.07, 6.45) is 3.86. The Balaban J connectivity index is 1.70. The van der Waals surface area contributed by atoms with E-state index in [9.17, 15) is 14.4 Å². The Morgan fingerprint density at radius 3 is 2.55 bits per heavy atom. The van der Waals surface area contributed by atoms with Crippen LogP contribution in [0, 0.1) is 5.92 Å². The lowest BCUT2D eigenvalue weighted by Gasteiger charge is -2.15. The molecule has 1 atom stereocenters. The summed E-state index contributed by atoms with van der Waals surface area (Å²) in [5.74, 6) is -2.27. The minimum atomic E-state index is -1.45. The van der Waals surface area contributed by atoms with Crippen LogP contribution in [0.2, 0.25) is 0 Å². The molecule has 3 rings (SSSR count). The highest BCUT2D eigenvalue weighted by molar-refractivity contribution is 6.25. The molecule has 0 bridgehead atoms. The molecule has 0 saturated heterocycles. The van der Waals surface area contributed by atoms with Crippen molar-refractivity contribution in [3.8, 4) is 11.5 Å². The molecule has 0 spiro atoms. The minimum absolute atomic E-state index is 0.184. The summed E-state index contributed by atoms with van der Waals surface area (Å²) in [5.41, 5.74) is 1.68. The summed E-state index contributed by atoms with van der Waals surface area (Å²) in [5, 5.41) is 0. The van der Waals surface area contributed by atoms with Crippen LogP contribution in [-0.4, -0.2) is 24.6 Å². The van der Waals surface area contributed by atoms with E-state index < -0.39 is 23.5 Å². The average molecular weight is 392 g/mol. The standard InChI is InChI=1S/C23H20O6/c1-15-12-19(25)22(23(26)29-15)18(24)10-8-16-9-11-20(21(13-16)27-2)28-14-17-6-4-3-5-7-17/h3-13,22H,14H2,1-2H3. The molecule has 0 aliphatic carbocycles. The Bertz CT molecular complexity index is 988. The monoisotopic (exact) mass is 392 g/mol. The van der Waals surface area contributed by atoms with Gasteiger partial charge < -0.3 is 14.2 Å². The number of esters is 1. The fourth-order valence-electron chi connectivity index (χ4n) is 2.82. The number of hydrogen-bond donors (Lipinski definition) is 0. The van der Waals surface area contributed by atoms with E-state index in [2.05, 4.69) is 0 Å². The zero-order valence-electron chi connectivity index (χ0n) is 16.1. The lowest BCUT2D eigenvalue weighted by molar-refractivity contribution is -0.151. The van der Waals surface area contributed by atoms with E-state index in [1.54, 1.807) is 18.2 Å². The van der Waals surface area contributed by atoms with Crippen LogP contribution in [0.3, 0.4) is 0 Å². The van der Waals surface area contributed by atoms with Gasteiger partial charge in [0.2, 0.25) is 0 Å². The number of ether oxygens (including phenoxy) is 3. The molecule has 0 N–H and O–H groups in total. The van der Waals surface area contributed by atoms with E-state index in [1.165, 1.54) is 26.2 Å². The van der Waals surface area contributed by atoms with Gasteiger partial charge in [0.05, 0.1) is 7.11 Å². The number of carbonyl (C=O) groups excluding carboxylic acids is 3. The molecule has 0 aromatic heterocycles. The highest BCUT2D eigenvalue weighted by Gasteiger charge is 2.36. The second-order valence-corrected chi connectivity index (χ2v) is 6.43. The van der Waals surface area contributed by atoms with Crippen molar-refractivity contribution < 1.29 is 28.6 Å². The number of allylic oxidation sites excluding steroid dienone is 3. The van der Waals surface area contributed by atoms with Gasteiger partial charge in [-0.2, -0.15) is 0 Å². The molecule has 0 amide bonds. The Morgan fingerprint density at radius 1 is 1.10 bits per heavy atom. The third kappa shape index (κ3) is 4.99. The Kier molecular flexibility index (Phi) is 6.24. The van der Waals surface area contributed by atoms with Gasteiger partial charge in [-0.1, -0.05) is 42.5 Å². The molecule has 6 nitrogen and oxygen atoms in total. The van der Waals surface area contributed by atoms with Gasteiger partial charge >= 0.3 is 5.97 Å². The molecular formula is C23H20O6. The van der Waals surface area contributed by atoms with Crippen molar-refractivity contribution in [1.82, 2.24) is 0 Å². The van der Waals surface area contributed by atoms with Gasteiger partial charge in [-0.15, -0.1) is 0 Å². The van der Waals surface area contributed by atoms with Crippen LogP contribution >= 0.6 is 0 Å². The summed E-state index contributed by atoms with van der Waals surface area (Å²) in [6, 6.07) is 14.9. The highest BCUT2D eigenvalue weighted by Crippen LogP contribution is 2.29. The zero-order valence-corrected chi connectivity index (χ0v) is 16.1. The minimum Gasteiger partial charge on any atom is -0.493 e. The predicted molar refractivity (Wildman–Crippen MR) is 106 cm³/mol. The quantitative estimate of drug-likeness (QED) is 0.408. The van der Waals surface area contributed by atoms with Crippen molar-refractivity contribution in [1.29, 1.82) is 0 Å². The van der Waals surface area contributed by atoms with Crippen molar-refractivity contribution >= 4 is 23.6 Å². The molecule has 1 aliphatic heterocycles. The fraction of sp³-hybridized carbons (Fsp3) is 0.174. The molecule has 1 unspecified atom stereocenters. The average Bonchev–Trinajstić information content (AvgIpc) is 2.71. The number of carbonyl (C=O) groups is 3. The van der Waals surface area contributed by atoms with Crippen LogP contribution in [0.1, 0.15) is 18.1 Å². The van der Waals surface area contributed by atoms with Crippen molar-refractivity contribution in [3.63, 3.8) is 0 Å². The molecule has 2 aromatic carbocycles. The van der Waals surface area contributed by atoms with Gasteiger partial charge in [0.25, 0.3) is 0 Å². The van der Waals surface area contributed by atoms with Crippen LogP contribution in [0.25, 0.3) is 6.08 Å². The third-order valence-corrected chi connectivity index (χ3v) is 4.28. The number of methoxy groups -OCH3 is 1. The Morgan fingerprint density at radius 2 is 1.86 bits per heavy atom. The summed E-state index contributed by atoms with van der Waals surface area (Å²) in [7, 11) is 1.52. The summed E-state index contributed by atoms with van der Waals surface area (Å²) in [6.45, 7) is 1.88. The van der Waals surface area contributed by atoms with Crippen LogP contribution in [0.5, 0.6) is 11.5 Å². The van der Waals surface area contributed by atoms with Gasteiger partial charge in [0, 0.05) is 6.08 Å². The number of hydrogen-bond acceptors (Lipinski definition) is 6. The highest BCUT2D eigenvalue weighted by atomic mass is 16.5. The number of benzene rings is 2. The summed E-state index contributed by atoms with van der Waals surface area (Å²) < 4.78 is 16.0. The second kappa shape index (κ2) is 9.01. The van der Waals surface area contributed by atoms with Gasteiger partial charge in [-0.3, -0.25) is 14.4 Å². The lowest BCUT2D eigenvalue weighted by Crippen LogP contribution is -2.34. The fourth-order valence-corrected chi connectivity index (χ4v) is 2.82. The molecule has 0 fully saturated rings. The van der Waals surface area contributed by atoms with Gasteiger partial charge in [-0.05, 0) is 36.3 Å². The SMILES string of the molecule is COc1cc(C=CC(=O)C2C(=O)C=C(C)OC2=O)ccc1OCc1ccccc1. The lowest BCUT2D eigenvalue weighted by atomic mass is 9.96. The first-order chi connectivity index (χ1) is 14.0. The van der Waals surface area contributed by atoms with E-state index in [1.807, 2.05) is 30.3 Å². The molecule has 148 valence electrons. The molecule has 1 heterocycles. The van der Waals surface area contributed by atoms with E-state index in [4.69, 9.17) is 14.2 Å². The van der Waals surface area contributed by atoms with Gasteiger partial charge in [0.1, 0.15) is 12.4 Å². The van der Waals surface area contributed by atoms with Crippen molar-refractivity contribution in [2.75, 3.05) is 7.11 Å². The zero-order chi connectivity index (χ0) is 20.8. The molecule has 29 heavy (non-hydrogen) atoms. The first kappa shape index (κ1) is 20.1. The van der Waals surface area contributed by atoms with Crippen molar-refractivity contribution in [2.24, 2.45) is 5.92 Å². The molecule has 0 radical (unpaired) electrons. The first-order valence-electron chi connectivity index (χ1n) is 8.98. The topological polar surface area (TPSA) is 78.9 Å². The predicted octanol–water partition coefficient (Wildman–Crippen LogP) is 3.50. The van der Waals surface area contributed by atoms with Crippen LogP contribution in [-0.2, 0) is 25.7 Å². The third-order valence-electron chi connectivity index (χ3n) is 4.28. The largest absolute Gasteiger partial charge is 0.493 e. The molecule has 2 aromatic rings. The number of rotatable bonds is 7. The summed E-state index contributed by atoms with van der Waals surface area (Å²) >= 11 is 0. The van der Waals surface area contributed by atoms with Crippen molar-refractivity contribution in [2.45, 2.75) is 13.5 Å². The number of cyclic esters (lactones) is 1.